The Morgan fingerprint density at radius 3 is 2.44 bits per heavy atom. The molecule has 0 amide bonds. The van der Waals surface area contributed by atoms with Crippen LogP contribution in [0, 0.1) is 18.6 Å². The second kappa shape index (κ2) is 6.36. The van der Waals surface area contributed by atoms with Gasteiger partial charge in [0.2, 0.25) is 5.43 Å². The van der Waals surface area contributed by atoms with Crippen molar-refractivity contribution in [2.75, 3.05) is 11.5 Å². The Morgan fingerprint density at radius 1 is 1.19 bits per heavy atom. The van der Waals surface area contributed by atoms with Gasteiger partial charge in [-0.05, 0) is 30.7 Å². The van der Waals surface area contributed by atoms with E-state index in [1.165, 1.54) is 17.6 Å². The number of nitrogens with zero attached hydrogens (tertiary/aromatic N) is 1. The van der Waals surface area contributed by atoms with E-state index < -0.39 is 35.2 Å². The summed E-state index contributed by atoms with van der Waals surface area (Å²) in [6.07, 6.45) is 1.02. The van der Waals surface area contributed by atoms with Gasteiger partial charge in [-0.1, -0.05) is 0 Å². The van der Waals surface area contributed by atoms with Gasteiger partial charge in [-0.3, -0.25) is 4.79 Å². The highest BCUT2D eigenvalue weighted by Gasteiger charge is 2.21. The molecule has 1 aromatic heterocycles. The van der Waals surface area contributed by atoms with Gasteiger partial charge in [0, 0.05) is 11.8 Å². The lowest BCUT2D eigenvalue weighted by Crippen LogP contribution is -2.20. The largest absolute Gasteiger partial charge is 0.477 e. The van der Waals surface area contributed by atoms with Crippen LogP contribution in [0.25, 0.3) is 16.6 Å². The number of aliphatic hydroxyl groups excluding tert-OH is 1. The van der Waals surface area contributed by atoms with Crippen molar-refractivity contribution in [1.82, 2.24) is 4.57 Å². The van der Waals surface area contributed by atoms with E-state index >= 15 is 0 Å². The predicted octanol–water partition coefficient (Wildman–Crippen LogP) is 1.93. The Morgan fingerprint density at radius 2 is 1.85 bits per heavy atom. The molecule has 0 bridgehead atoms. The minimum absolute atomic E-state index is 0.0882. The van der Waals surface area contributed by atoms with Gasteiger partial charge in [-0.2, -0.15) is 0 Å². The SMILES string of the molecule is Cc1c(N)c(F)cc2c(=O)c(C(=O)O)cn(-c3cc(N)c(F)cc3CO)c12. The molecule has 0 unspecified atom stereocenters. The number of hydrogen-bond acceptors (Lipinski definition) is 5. The number of aromatic nitrogens is 1. The molecule has 140 valence electrons. The second-order valence-electron chi connectivity index (χ2n) is 6.00. The first kappa shape index (κ1) is 18.3. The van der Waals surface area contributed by atoms with Gasteiger partial charge in [0.15, 0.2) is 0 Å². The second-order valence-corrected chi connectivity index (χ2v) is 6.00. The number of aromatic carboxylic acids is 1. The van der Waals surface area contributed by atoms with Gasteiger partial charge < -0.3 is 26.2 Å². The average Bonchev–Trinajstić information content (AvgIpc) is 2.62. The molecule has 3 aromatic rings. The number of halogens is 2. The third kappa shape index (κ3) is 2.77. The van der Waals surface area contributed by atoms with Crippen LogP contribution in [-0.2, 0) is 6.61 Å². The van der Waals surface area contributed by atoms with Gasteiger partial charge in [-0.15, -0.1) is 0 Å². The van der Waals surface area contributed by atoms with Crippen LogP contribution in [0.3, 0.4) is 0 Å². The molecule has 27 heavy (non-hydrogen) atoms. The number of rotatable bonds is 3. The average molecular weight is 375 g/mol. The van der Waals surface area contributed by atoms with Crippen LogP contribution in [0.4, 0.5) is 20.2 Å². The molecule has 0 aliphatic heterocycles. The van der Waals surface area contributed by atoms with Crippen molar-refractivity contribution < 1.29 is 23.8 Å². The number of carbonyl (C=O) groups is 1. The van der Waals surface area contributed by atoms with Crippen molar-refractivity contribution in [3.8, 4) is 5.69 Å². The zero-order valence-corrected chi connectivity index (χ0v) is 14.1. The van der Waals surface area contributed by atoms with Crippen LogP contribution in [0.15, 0.2) is 29.2 Å². The van der Waals surface area contributed by atoms with E-state index in [2.05, 4.69) is 0 Å². The van der Waals surface area contributed by atoms with Crippen molar-refractivity contribution in [2.45, 2.75) is 13.5 Å². The molecule has 6 N–H and O–H groups in total. The van der Waals surface area contributed by atoms with Gasteiger partial charge in [0.25, 0.3) is 0 Å². The van der Waals surface area contributed by atoms with Crippen molar-refractivity contribution in [3.05, 3.63) is 62.9 Å². The van der Waals surface area contributed by atoms with Crippen molar-refractivity contribution in [1.29, 1.82) is 0 Å². The van der Waals surface area contributed by atoms with E-state index in [0.29, 0.717) is 0 Å². The highest BCUT2D eigenvalue weighted by Crippen LogP contribution is 2.30. The Kier molecular flexibility index (Phi) is 4.32. The smallest absolute Gasteiger partial charge is 0.341 e. The maximum absolute atomic E-state index is 14.1. The van der Waals surface area contributed by atoms with E-state index in [0.717, 1.165) is 18.3 Å². The lowest BCUT2D eigenvalue weighted by atomic mass is 10.0. The third-order valence-corrected chi connectivity index (χ3v) is 4.39. The molecule has 0 fully saturated rings. The number of hydrogen-bond donors (Lipinski definition) is 4. The molecule has 0 aliphatic rings. The number of benzene rings is 2. The van der Waals surface area contributed by atoms with Crippen LogP contribution >= 0.6 is 0 Å². The Balaban J connectivity index is 2.59. The topological polar surface area (TPSA) is 132 Å². The summed E-state index contributed by atoms with van der Waals surface area (Å²) in [5, 5.41) is 18.7. The fourth-order valence-electron chi connectivity index (χ4n) is 2.97. The Labute approximate surface area is 151 Å². The summed E-state index contributed by atoms with van der Waals surface area (Å²) in [4.78, 5) is 24.0. The molecule has 0 aliphatic carbocycles. The van der Waals surface area contributed by atoms with E-state index in [9.17, 15) is 28.6 Å². The maximum atomic E-state index is 14.1. The molecular weight excluding hydrogens is 360 g/mol. The van der Waals surface area contributed by atoms with Gasteiger partial charge >= 0.3 is 5.97 Å². The molecule has 3 rings (SSSR count). The highest BCUT2D eigenvalue weighted by molar-refractivity contribution is 5.95. The summed E-state index contributed by atoms with van der Waals surface area (Å²) < 4.78 is 29.1. The molecule has 0 spiro atoms. The number of nitrogen functional groups attached to an aromatic ring is 2. The van der Waals surface area contributed by atoms with Gasteiger partial charge in [-0.25, -0.2) is 13.6 Å². The Bertz CT molecular complexity index is 1170. The van der Waals surface area contributed by atoms with Gasteiger partial charge in [0.05, 0.1) is 34.6 Å². The fraction of sp³-hybridized carbons (Fsp3) is 0.111. The number of pyridine rings is 1. The van der Waals surface area contributed by atoms with E-state index in [4.69, 9.17) is 11.5 Å². The third-order valence-electron chi connectivity index (χ3n) is 4.39. The first-order chi connectivity index (χ1) is 12.7. The summed E-state index contributed by atoms with van der Waals surface area (Å²) in [7, 11) is 0. The maximum Gasteiger partial charge on any atom is 0.341 e. The van der Waals surface area contributed by atoms with E-state index in [1.54, 1.807) is 0 Å². The van der Waals surface area contributed by atoms with Crippen LogP contribution in [-0.4, -0.2) is 20.7 Å². The zero-order valence-electron chi connectivity index (χ0n) is 14.1. The minimum Gasteiger partial charge on any atom is -0.477 e. The quantitative estimate of drug-likeness (QED) is 0.517. The Hall–Kier alpha value is -3.46. The molecule has 9 heteroatoms. The lowest BCUT2D eigenvalue weighted by molar-refractivity contribution is 0.0695. The molecule has 0 saturated heterocycles. The fourth-order valence-corrected chi connectivity index (χ4v) is 2.97. The van der Waals surface area contributed by atoms with Crippen molar-refractivity contribution in [3.63, 3.8) is 0 Å². The number of aryl methyl sites for hydroxylation is 1. The summed E-state index contributed by atoms with van der Waals surface area (Å²) in [6, 6.07) is 3.04. The van der Waals surface area contributed by atoms with Crippen molar-refractivity contribution >= 4 is 28.2 Å². The lowest BCUT2D eigenvalue weighted by Gasteiger charge is -2.19. The van der Waals surface area contributed by atoms with E-state index in [-0.39, 0.29) is 39.1 Å². The van der Waals surface area contributed by atoms with Crippen LogP contribution < -0.4 is 16.9 Å². The number of carboxylic acids is 1. The normalized spacial score (nSPS) is 11.1. The summed E-state index contributed by atoms with van der Waals surface area (Å²) >= 11 is 0. The molecular formula is C18H15F2N3O4. The highest BCUT2D eigenvalue weighted by atomic mass is 19.1. The molecule has 1 heterocycles. The van der Waals surface area contributed by atoms with Crippen LogP contribution in [0.2, 0.25) is 0 Å². The number of anilines is 2. The van der Waals surface area contributed by atoms with Crippen LogP contribution in [0.1, 0.15) is 21.5 Å². The number of carboxylic acid groups (broad SMARTS) is 1. The summed E-state index contributed by atoms with van der Waals surface area (Å²) in [6.45, 7) is 0.876. The number of aliphatic hydroxyl groups is 1. The van der Waals surface area contributed by atoms with Gasteiger partial charge in [0.1, 0.15) is 17.2 Å². The molecule has 0 radical (unpaired) electrons. The molecule has 0 atom stereocenters. The number of nitrogens with two attached hydrogens (primary N) is 2. The molecule has 7 nitrogen and oxygen atoms in total. The first-order valence-electron chi connectivity index (χ1n) is 7.73. The summed E-state index contributed by atoms with van der Waals surface area (Å²) in [5.41, 5.74) is 9.89. The predicted molar refractivity (Wildman–Crippen MR) is 95.9 cm³/mol. The summed E-state index contributed by atoms with van der Waals surface area (Å²) in [5.74, 6) is -3.16. The minimum atomic E-state index is -1.52. The molecule has 0 saturated carbocycles. The number of fused-ring (bicyclic) bond motifs is 1. The monoisotopic (exact) mass is 375 g/mol. The first-order valence-corrected chi connectivity index (χ1v) is 7.73. The standard InChI is InChI=1S/C18H15F2N3O4/c1-7-15(22)12(20)3-9-16(7)23(5-10(17(9)25)18(26)27)14-4-13(21)11(19)2-8(14)6-24/h2-5,24H,6,21-22H2,1H3,(H,26,27). The van der Waals surface area contributed by atoms with Crippen molar-refractivity contribution in [2.24, 2.45) is 0 Å². The zero-order chi connectivity index (χ0) is 20.0. The van der Waals surface area contributed by atoms with E-state index in [1.807, 2.05) is 0 Å². The van der Waals surface area contributed by atoms with Crippen LogP contribution in [0.5, 0.6) is 0 Å². The molecule has 2 aromatic carbocycles.